The molecule has 0 spiro atoms. The smallest absolute Gasteiger partial charge is 0.276 e. The molecule has 6 heteroatoms. The molecule has 3 rings (SSSR count). The molecule has 1 aromatic heterocycles. The number of fused-ring (bicyclic) bond motifs is 1. The summed E-state index contributed by atoms with van der Waals surface area (Å²) in [6, 6.07) is 7.18. The molecule has 2 aromatic rings. The van der Waals surface area contributed by atoms with Gasteiger partial charge in [-0.25, -0.2) is 0 Å². The Morgan fingerprint density at radius 2 is 2.19 bits per heavy atom. The fourth-order valence-corrected chi connectivity index (χ4v) is 2.38. The summed E-state index contributed by atoms with van der Waals surface area (Å²) in [7, 11) is 1.77. The third-order valence-electron chi connectivity index (χ3n) is 3.43. The van der Waals surface area contributed by atoms with E-state index in [9.17, 15) is 9.59 Å². The lowest BCUT2D eigenvalue weighted by molar-refractivity contribution is -0.116. The van der Waals surface area contributed by atoms with E-state index in [0.717, 1.165) is 24.1 Å². The molecule has 0 fully saturated rings. The van der Waals surface area contributed by atoms with E-state index in [1.54, 1.807) is 30.1 Å². The summed E-state index contributed by atoms with van der Waals surface area (Å²) in [4.78, 5) is 23.6. The van der Waals surface area contributed by atoms with Crippen molar-refractivity contribution in [3.63, 3.8) is 0 Å². The molecule has 2 N–H and O–H groups in total. The van der Waals surface area contributed by atoms with Gasteiger partial charge in [0.2, 0.25) is 5.91 Å². The Balaban J connectivity index is 1.79. The first-order valence-electron chi connectivity index (χ1n) is 6.85. The summed E-state index contributed by atoms with van der Waals surface area (Å²) in [5.41, 5.74) is 2.95. The molecule has 0 saturated heterocycles. The summed E-state index contributed by atoms with van der Waals surface area (Å²) < 4.78 is 1.58. The van der Waals surface area contributed by atoms with Gasteiger partial charge < -0.3 is 10.6 Å². The van der Waals surface area contributed by atoms with Crippen LogP contribution in [0.15, 0.2) is 30.5 Å². The van der Waals surface area contributed by atoms with Crippen molar-refractivity contribution in [2.24, 2.45) is 7.05 Å². The fraction of sp³-hybridized carbons (Fsp3) is 0.267. The number of anilines is 2. The first-order valence-corrected chi connectivity index (χ1v) is 6.85. The highest BCUT2D eigenvalue weighted by atomic mass is 16.2. The number of amides is 2. The third kappa shape index (κ3) is 2.94. The molecule has 1 aliphatic rings. The van der Waals surface area contributed by atoms with E-state index in [1.165, 1.54) is 0 Å². The van der Waals surface area contributed by atoms with Crippen LogP contribution in [-0.2, 0) is 18.3 Å². The van der Waals surface area contributed by atoms with Crippen LogP contribution in [-0.4, -0.2) is 21.6 Å². The molecule has 1 aromatic carbocycles. The molecular formula is C15H16N4O2. The van der Waals surface area contributed by atoms with Crippen molar-refractivity contribution in [2.75, 3.05) is 10.6 Å². The molecule has 0 unspecified atom stereocenters. The standard InChI is InChI=1S/C15H16N4O2/c1-19-8-7-13(18-19)15(21)16-11-5-6-12-10(9-11)3-2-4-14(20)17-12/h5-9H,2-4H2,1H3,(H,16,21)(H,17,20). The van der Waals surface area contributed by atoms with E-state index < -0.39 is 0 Å². The van der Waals surface area contributed by atoms with Gasteiger partial charge >= 0.3 is 0 Å². The molecule has 1 aliphatic heterocycles. The van der Waals surface area contributed by atoms with Crippen molar-refractivity contribution in [2.45, 2.75) is 19.3 Å². The van der Waals surface area contributed by atoms with Gasteiger partial charge in [0.05, 0.1) is 0 Å². The lowest BCUT2D eigenvalue weighted by atomic mass is 10.1. The quantitative estimate of drug-likeness (QED) is 0.885. The van der Waals surface area contributed by atoms with Crippen LogP contribution in [0.25, 0.3) is 0 Å². The number of nitrogens with zero attached hydrogens (tertiary/aromatic N) is 2. The summed E-state index contributed by atoms with van der Waals surface area (Å²) in [6.45, 7) is 0. The lowest BCUT2D eigenvalue weighted by Gasteiger charge is -2.10. The van der Waals surface area contributed by atoms with Crippen LogP contribution in [0, 0.1) is 0 Å². The highest BCUT2D eigenvalue weighted by Crippen LogP contribution is 2.25. The zero-order chi connectivity index (χ0) is 14.8. The predicted molar refractivity (Wildman–Crippen MR) is 79.2 cm³/mol. The highest BCUT2D eigenvalue weighted by Gasteiger charge is 2.14. The van der Waals surface area contributed by atoms with Gasteiger partial charge in [-0.2, -0.15) is 5.10 Å². The average molecular weight is 284 g/mol. The Morgan fingerprint density at radius 1 is 1.33 bits per heavy atom. The van der Waals surface area contributed by atoms with Gasteiger partial charge in [-0.15, -0.1) is 0 Å². The van der Waals surface area contributed by atoms with Gasteiger partial charge in [-0.05, 0) is 42.7 Å². The van der Waals surface area contributed by atoms with Crippen molar-refractivity contribution < 1.29 is 9.59 Å². The van der Waals surface area contributed by atoms with E-state index in [1.807, 2.05) is 12.1 Å². The number of hydrogen-bond acceptors (Lipinski definition) is 3. The molecule has 21 heavy (non-hydrogen) atoms. The van der Waals surface area contributed by atoms with E-state index in [0.29, 0.717) is 17.8 Å². The number of hydrogen-bond donors (Lipinski definition) is 2. The molecule has 0 saturated carbocycles. The maximum Gasteiger partial charge on any atom is 0.276 e. The van der Waals surface area contributed by atoms with Crippen LogP contribution >= 0.6 is 0 Å². The van der Waals surface area contributed by atoms with Crippen LogP contribution < -0.4 is 10.6 Å². The molecule has 2 heterocycles. The molecule has 6 nitrogen and oxygen atoms in total. The van der Waals surface area contributed by atoms with Crippen molar-refractivity contribution >= 4 is 23.2 Å². The average Bonchev–Trinajstić information content (AvgIpc) is 2.79. The largest absolute Gasteiger partial charge is 0.326 e. The maximum absolute atomic E-state index is 12.1. The van der Waals surface area contributed by atoms with Crippen LogP contribution in [0.2, 0.25) is 0 Å². The van der Waals surface area contributed by atoms with Crippen LogP contribution in [0.5, 0.6) is 0 Å². The molecule has 0 radical (unpaired) electrons. The van der Waals surface area contributed by atoms with E-state index in [4.69, 9.17) is 0 Å². The number of carbonyl (C=O) groups excluding carboxylic acids is 2. The number of nitrogens with one attached hydrogen (secondary N) is 2. The number of rotatable bonds is 2. The third-order valence-corrected chi connectivity index (χ3v) is 3.43. The number of aryl methyl sites for hydroxylation is 2. The summed E-state index contributed by atoms with van der Waals surface area (Å²) in [6.07, 6.45) is 3.89. The van der Waals surface area contributed by atoms with E-state index in [-0.39, 0.29) is 11.8 Å². The fourth-order valence-electron chi connectivity index (χ4n) is 2.38. The predicted octanol–water partition coefficient (Wildman–Crippen LogP) is 1.95. The molecule has 0 atom stereocenters. The molecule has 108 valence electrons. The highest BCUT2D eigenvalue weighted by molar-refractivity contribution is 6.03. The van der Waals surface area contributed by atoms with Gasteiger partial charge in [0.15, 0.2) is 5.69 Å². The zero-order valence-electron chi connectivity index (χ0n) is 11.7. The second kappa shape index (κ2) is 5.40. The summed E-state index contributed by atoms with van der Waals surface area (Å²) in [5.74, 6) is -0.202. The summed E-state index contributed by atoms with van der Waals surface area (Å²) in [5, 5.41) is 9.76. The van der Waals surface area contributed by atoms with Gasteiger partial charge in [0.1, 0.15) is 0 Å². The first-order chi connectivity index (χ1) is 10.1. The summed E-state index contributed by atoms with van der Waals surface area (Å²) >= 11 is 0. The zero-order valence-corrected chi connectivity index (χ0v) is 11.7. The number of aromatic nitrogens is 2. The van der Waals surface area contributed by atoms with Gasteiger partial charge in [-0.1, -0.05) is 0 Å². The molecule has 0 aliphatic carbocycles. The maximum atomic E-state index is 12.1. The van der Waals surface area contributed by atoms with Crippen LogP contribution in [0.3, 0.4) is 0 Å². The van der Waals surface area contributed by atoms with Gasteiger partial charge in [0.25, 0.3) is 5.91 Å². The van der Waals surface area contributed by atoms with Crippen molar-refractivity contribution in [1.82, 2.24) is 9.78 Å². The Bertz CT molecular complexity index is 705. The normalized spacial score (nSPS) is 14.0. The Kier molecular flexibility index (Phi) is 3.43. The second-order valence-electron chi connectivity index (χ2n) is 5.10. The van der Waals surface area contributed by atoms with Crippen LogP contribution in [0.4, 0.5) is 11.4 Å². The van der Waals surface area contributed by atoms with Gasteiger partial charge in [0, 0.05) is 31.0 Å². The Morgan fingerprint density at radius 3 is 2.95 bits per heavy atom. The van der Waals surface area contributed by atoms with E-state index in [2.05, 4.69) is 15.7 Å². The number of benzene rings is 1. The van der Waals surface area contributed by atoms with Crippen LogP contribution in [0.1, 0.15) is 28.9 Å². The molecule has 2 amide bonds. The Labute approximate surface area is 122 Å². The van der Waals surface area contributed by atoms with Gasteiger partial charge in [-0.3, -0.25) is 14.3 Å². The first kappa shape index (κ1) is 13.4. The molecular weight excluding hydrogens is 268 g/mol. The second-order valence-corrected chi connectivity index (χ2v) is 5.10. The Hall–Kier alpha value is -2.63. The van der Waals surface area contributed by atoms with Crippen molar-refractivity contribution in [1.29, 1.82) is 0 Å². The number of carbonyl (C=O) groups is 2. The monoisotopic (exact) mass is 284 g/mol. The molecule has 0 bridgehead atoms. The minimum absolute atomic E-state index is 0.0408. The van der Waals surface area contributed by atoms with Crippen molar-refractivity contribution in [3.8, 4) is 0 Å². The minimum Gasteiger partial charge on any atom is -0.326 e. The lowest BCUT2D eigenvalue weighted by Crippen LogP contribution is -2.13. The van der Waals surface area contributed by atoms with E-state index >= 15 is 0 Å². The minimum atomic E-state index is -0.242. The SMILES string of the molecule is Cn1ccc(C(=O)Nc2ccc3c(c2)CCCC(=O)N3)n1. The topological polar surface area (TPSA) is 76.0 Å². The van der Waals surface area contributed by atoms with Crippen molar-refractivity contribution in [3.05, 3.63) is 41.7 Å².